The molecule has 0 heterocycles. The van der Waals surface area contributed by atoms with Crippen LogP contribution in [0.25, 0.3) is 21.9 Å². The zero-order valence-corrected chi connectivity index (χ0v) is 13.8. The van der Waals surface area contributed by atoms with Crippen molar-refractivity contribution in [3.05, 3.63) is 108 Å². The van der Waals surface area contributed by atoms with Gasteiger partial charge in [0.2, 0.25) is 0 Å². The molecule has 0 heteroatoms. The summed E-state index contributed by atoms with van der Waals surface area (Å²) in [5, 5.41) is 2.65. The molecule has 0 aromatic heterocycles. The molecule has 0 fully saturated rings. The fourth-order valence-electron chi connectivity index (χ4n) is 3.40. The van der Waals surface area contributed by atoms with Gasteiger partial charge in [-0.15, -0.1) is 0 Å². The lowest BCUT2D eigenvalue weighted by Gasteiger charge is -2.16. The first-order valence-corrected chi connectivity index (χ1v) is 8.46. The third-order valence-corrected chi connectivity index (χ3v) is 4.81. The van der Waals surface area contributed by atoms with Crippen molar-refractivity contribution in [2.75, 3.05) is 0 Å². The molecule has 4 aromatic rings. The summed E-state index contributed by atoms with van der Waals surface area (Å²) in [6.45, 7) is 2.29. The van der Waals surface area contributed by atoms with Crippen LogP contribution in [-0.2, 0) is 0 Å². The molecule has 116 valence electrons. The van der Waals surface area contributed by atoms with Crippen LogP contribution < -0.4 is 0 Å². The quantitative estimate of drug-likeness (QED) is 0.397. The minimum absolute atomic E-state index is 0.376. The molecule has 0 bridgehead atoms. The van der Waals surface area contributed by atoms with Crippen LogP contribution in [0.5, 0.6) is 0 Å². The Kier molecular flexibility index (Phi) is 3.88. The van der Waals surface area contributed by atoms with Crippen LogP contribution in [0.3, 0.4) is 0 Å². The number of hydrogen-bond acceptors (Lipinski definition) is 0. The van der Waals surface area contributed by atoms with E-state index in [2.05, 4.69) is 104 Å². The largest absolute Gasteiger partial charge is 0.0622 e. The average molecular weight is 308 g/mol. The number of benzene rings is 4. The summed E-state index contributed by atoms with van der Waals surface area (Å²) in [7, 11) is 0. The number of hydrogen-bond donors (Lipinski definition) is 0. The zero-order valence-electron chi connectivity index (χ0n) is 13.8. The minimum atomic E-state index is 0.376. The SMILES string of the molecule is CC(c1ccc(-c2ccccc2)cc1)c1cccc2ccccc12. The molecule has 0 N–H and O–H groups in total. The monoisotopic (exact) mass is 308 g/mol. The first kappa shape index (κ1) is 14.7. The minimum Gasteiger partial charge on any atom is -0.0622 e. The fraction of sp³-hybridized carbons (Fsp3) is 0.0833. The molecular weight excluding hydrogens is 288 g/mol. The highest BCUT2D eigenvalue weighted by molar-refractivity contribution is 5.86. The van der Waals surface area contributed by atoms with E-state index in [1.165, 1.54) is 33.0 Å². The summed E-state index contributed by atoms with van der Waals surface area (Å²) in [6, 6.07) is 34.7. The van der Waals surface area contributed by atoms with E-state index in [0.717, 1.165) is 0 Å². The van der Waals surface area contributed by atoms with E-state index >= 15 is 0 Å². The first-order chi connectivity index (χ1) is 11.8. The van der Waals surface area contributed by atoms with Crippen molar-refractivity contribution < 1.29 is 0 Å². The Morgan fingerprint density at radius 2 is 1.17 bits per heavy atom. The normalized spacial score (nSPS) is 12.2. The van der Waals surface area contributed by atoms with Crippen LogP contribution in [-0.4, -0.2) is 0 Å². The Labute approximate surface area is 143 Å². The Morgan fingerprint density at radius 3 is 1.96 bits per heavy atom. The highest BCUT2D eigenvalue weighted by Gasteiger charge is 2.11. The summed E-state index contributed by atoms with van der Waals surface area (Å²) in [4.78, 5) is 0. The highest BCUT2D eigenvalue weighted by Crippen LogP contribution is 2.31. The van der Waals surface area contributed by atoms with Crippen molar-refractivity contribution in [2.24, 2.45) is 0 Å². The van der Waals surface area contributed by atoms with Gasteiger partial charge in [0.15, 0.2) is 0 Å². The number of rotatable bonds is 3. The summed E-state index contributed by atoms with van der Waals surface area (Å²) in [5.74, 6) is 0.376. The second kappa shape index (κ2) is 6.33. The maximum atomic E-state index is 2.29. The second-order valence-electron chi connectivity index (χ2n) is 6.28. The highest BCUT2D eigenvalue weighted by atomic mass is 14.2. The van der Waals surface area contributed by atoms with Gasteiger partial charge in [0.1, 0.15) is 0 Å². The maximum absolute atomic E-state index is 2.29. The van der Waals surface area contributed by atoms with Crippen molar-refractivity contribution >= 4 is 10.8 Å². The van der Waals surface area contributed by atoms with E-state index in [9.17, 15) is 0 Å². The standard InChI is InChI=1S/C24H20/c1-18(23-13-7-11-22-10-5-6-12-24(22)23)19-14-16-21(17-15-19)20-8-3-2-4-9-20/h2-18H,1H3. The Bertz CT molecular complexity index is 945. The summed E-state index contributed by atoms with van der Waals surface area (Å²) < 4.78 is 0. The predicted octanol–water partition coefficient (Wildman–Crippen LogP) is 6.66. The lowest BCUT2D eigenvalue weighted by atomic mass is 9.88. The van der Waals surface area contributed by atoms with Gasteiger partial charge in [-0.05, 0) is 33.0 Å². The smallest absolute Gasteiger partial charge is 0.00671 e. The summed E-state index contributed by atoms with van der Waals surface area (Å²) in [6.07, 6.45) is 0. The molecular formula is C24H20. The molecule has 0 nitrogen and oxygen atoms in total. The summed E-state index contributed by atoms with van der Waals surface area (Å²) in [5.41, 5.74) is 5.28. The predicted molar refractivity (Wildman–Crippen MR) is 103 cm³/mol. The molecule has 4 aromatic carbocycles. The molecule has 0 saturated heterocycles. The van der Waals surface area contributed by atoms with Gasteiger partial charge in [0.25, 0.3) is 0 Å². The van der Waals surface area contributed by atoms with E-state index in [1.54, 1.807) is 0 Å². The Morgan fingerprint density at radius 1 is 0.542 bits per heavy atom. The molecule has 1 unspecified atom stereocenters. The van der Waals surface area contributed by atoms with Crippen molar-refractivity contribution in [1.29, 1.82) is 0 Å². The summed E-state index contributed by atoms with van der Waals surface area (Å²) >= 11 is 0. The molecule has 0 aliphatic heterocycles. The molecule has 1 atom stereocenters. The molecule has 0 aliphatic rings. The zero-order chi connectivity index (χ0) is 16.4. The van der Waals surface area contributed by atoms with E-state index in [-0.39, 0.29) is 0 Å². The lowest BCUT2D eigenvalue weighted by Crippen LogP contribution is -1.97. The molecule has 0 radical (unpaired) electrons. The fourth-order valence-corrected chi connectivity index (χ4v) is 3.40. The van der Waals surface area contributed by atoms with Crippen molar-refractivity contribution in [3.63, 3.8) is 0 Å². The third kappa shape index (κ3) is 2.72. The van der Waals surface area contributed by atoms with E-state index < -0.39 is 0 Å². The van der Waals surface area contributed by atoms with Crippen LogP contribution in [0.2, 0.25) is 0 Å². The maximum Gasteiger partial charge on any atom is 0.00671 e. The average Bonchev–Trinajstić information content (AvgIpc) is 2.68. The Balaban J connectivity index is 1.70. The van der Waals surface area contributed by atoms with Crippen LogP contribution in [0, 0.1) is 0 Å². The second-order valence-corrected chi connectivity index (χ2v) is 6.28. The molecule has 0 saturated carbocycles. The van der Waals surface area contributed by atoms with Gasteiger partial charge in [-0.1, -0.05) is 104 Å². The molecule has 4 rings (SSSR count). The van der Waals surface area contributed by atoms with Crippen LogP contribution in [0.15, 0.2) is 97.1 Å². The van der Waals surface area contributed by atoms with E-state index in [0.29, 0.717) is 5.92 Å². The van der Waals surface area contributed by atoms with Gasteiger partial charge in [-0.2, -0.15) is 0 Å². The third-order valence-electron chi connectivity index (χ3n) is 4.81. The molecule has 0 aliphatic carbocycles. The first-order valence-electron chi connectivity index (χ1n) is 8.46. The van der Waals surface area contributed by atoms with Gasteiger partial charge in [-0.25, -0.2) is 0 Å². The molecule has 0 spiro atoms. The number of fused-ring (bicyclic) bond motifs is 1. The van der Waals surface area contributed by atoms with Crippen molar-refractivity contribution in [3.8, 4) is 11.1 Å². The van der Waals surface area contributed by atoms with Crippen LogP contribution in [0.4, 0.5) is 0 Å². The topological polar surface area (TPSA) is 0 Å². The van der Waals surface area contributed by atoms with Gasteiger partial charge in [-0.3, -0.25) is 0 Å². The van der Waals surface area contributed by atoms with Gasteiger partial charge >= 0.3 is 0 Å². The Hall–Kier alpha value is -2.86. The van der Waals surface area contributed by atoms with Crippen LogP contribution >= 0.6 is 0 Å². The van der Waals surface area contributed by atoms with Crippen molar-refractivity contribution in [2.45, 2.75) is 12.8 Å². The van der Waals surface area contributed by atoms with Gasteiger partial charge < -0.3 is 0 Å². The molecule has 0 amide bonds. The molecule has 24 heavy (non-hydrogen) atoms. The lowest BCUT2D eigenvalue weighted by molar-refractivity contribution is 0.933. The van der Waals surface area contributed by atoms with Crippen molar-refractivity contribution in [1.82, 2.24) is 0 Å². The van der Waals surface area contributed by atoms with Gasteiger partial charge in [0, 0.05) is 5.92 Å². The van der Waals surface area contributed by atoms with Crippen LogP contribution in [0.1, 0.15) is 24.0 Å². The van der Waals surface area contributed by atoms with Gasteiger partial charge in [0.05, 0.1) is 0 Å². The van der Waals surface area contributed by atoms with E-state index in [1.807, 2.05) is 0 Å². The van der Waals surface area contributed by atoms with E-state index in [4.69, 9.17) is 0 Å².